The third-order valence-electron chi connectivity index (χ3n) is 5.43. The molecule has 8 heteroatoms. The van der Waals surface area contributed by atoms with Gasteiger partial charge in [0.05, 0.1) is 18.9 Å². The van der Waals surface area contributed by atoms with Gasteiger partial charge in [-0.3, -0.25) is 9.59 Å². The molecule has 4 rings (SSSR count). The van der Waals surface area contributed by atoms with E-state index in [0.29, 0.717) is 11.5 Å². The highest BCUT2D eigenvalue weighted by Gasteiger charge is 2.26. The minimum Gasteiger partial charge on any atom is -0.464 e. The molecule has 184 valence electrons. The molecule has 1 heterocycles. The van der Waals surface area contributed by atoms with E-state index in [4.69, 9.17) is 14.2 Å². The number of carbonyl (C=O) groups is 3. The Kier molecular flexibility index (Phi) is 8.32. The van der Waals surface area contributed by atoms with Crippen molar-refractivity contribution in [3.63, 3.8) is 0 Å². The second-order valence-corrected chi connectivity index (χ2v) is 8.05. The molecule has 2 N–H and O–H groups in total. The van der Waals surface area contributed by atoms with E-state index in [1.54, 1.807) is 48.5 Å². The average molecular weight is 487 g/mol. The zero-order valence-corrected chi connectivity index (χ0v) is 19.5. The number of aromatic nitrogens is 1. The summed E-state index contributed by atoms with van der Waals surface area (Å²) < 4.78 is 15.9. The molecule has 0 fully saturated rings. The normalized spacial score (nSPS) is 11.4. The monoisotopic (exact) mass is 486 g/mol. The van der Waals surface area contributed by atoms with Crippen molar-refractivity contribution < 1.29 is 28.6 Å². The molecule has 0 spiro atoms. The third-order valence-corrected chi connectivity index (χ3v) is 5.43. The molecule has 0 aliphatic heterocycles. The van der Waals surface area contributed by atoms with Crippen molar-refractivity contribution in [2.75, 3.05) is 13.2 Å². The minimum absolute atomic E-state index is 0.0612. The molecule has 36 heavy (non-hydrogen) atoms. The number of para-hydroxylation sites is 3. The van der Waals surface area contributed by atoms with E-state index in [2.05, 4.69) is 10.3 Å². The van der Waals surface area contributed by atoms with Crippen LogP contribution in [0.25, 0.3) is 10.9 Å². The van der Waals surface area contributed by atoms with Crippen LogP contribution in [-0.2, 0) is 20.7 Å². The highest BCUT2D eigenvalue weighted by molar-refractivity contribution is 5.85. The first-order valence-electron chi connectivity index (χ1n) is 11.6. The van der Waals surface area contributed by atoms with Gasteiger partial charge in [0.2, 0.25) is 0 Å². The molecule has 1 atom stereocenters. The van der Waals surface area contributed by atoms with Crippen LogP contribution in [0.5, 0.6) is 11.5 Å². The van der Waals surface area contributed by atoms with Crippen LogP contribution < -0.4 is 14.8 Å². The summed E-state index contributed by atoms with van der Waals surface area (Å²) in [6.07, 6.45) is 1.31. The highest BCUT2D eigenvalue weighted by Crippen LogP contribution is 2.23. The Morgan fingerprint density at radius 3 is 2.17 bits per heavy atom. The molecule has 1 aromatic heterocycles. The number of esters is 2. The lowest BCUT2D eigenvalue weighted by molar-refractivity contribution is -0.152. The number of hydrogen-bond donors (Lipinski definition) is 2. The van der Waals surface area contributed by atoms with Crippen LogP contribution in [0.2, 0.25) is 0 Å². The standard InChI is InChI=1S/C28H26N2O6/c31-26(35-22-9-3-1-4-10-22)18-20(17-21-19-30-25-14-8-7-13-24(21)25)27(32)34-16-15-29-28(33)36-23-11-5-2-6-12-23/h1-14,19-20,30H,15-18H2,(H,29,33). The maximum Gasteiger partial charge on any atom is 0.412 e. The van der Waals surface area contributed by atoms with Gasteiger partial charge in [0.1, 0.15) is 18.1 Å². The first-order chi connectivity index (χ1) is 17.6. The van der Waals surface area contributed by atoms with Gasteiger partial charge in [0.15, 0.2) is 0 Å². The molecular formula is C28H26N2O6. The van der Waals surface area contributed by atoms with Crippen molar-refractivity contribution >= 4 is 28.9 Å². The van der Waals surface area contributed by atoms with Crippen molar-refractivity contribution in [3.05, 3.63) is 96.7 Å². The molecule has 0 saturated heterocycles. The van der Waals surface area contributed by atoms with Crippen molar-refractivity contribution in [3.8, 4) is 11.5 Å². The Labute approximate surface area is 208 Å². The van der Waals surface area contributed by atoms with Crippen LogP contribution in [0, 0.1) is 5.92 Å². The zero-order valence-electron chi connectivity index (χ0n) is 19.5. The fourth-order valence-corrected chi connectivity index (χ4v) is 3.72. The predicted octanol–water partition coefficient (Wildman–Crippen LogP) is 4.65. The number of nitrogens with one attached hydrogen (secondary N) is 2. The number of carbonyl (C=O) groups excluding carboxylic acids is 3. The Bertz CT molecular complexity index is 1300. The number of benzene rings is 3. The van der Waals surface area contributed by atoms with Crippen molar-refractivity contribution in [1.29, 1.82) is 0 Å². The van der Waals surface area contributed by atoms with Gasteiger partial charge in [0, 0.05) is 17.1 Å². The van der Waals surface area contributed by atoms with Crippen LogP contribution in [0.4, 0.5) is 4.79 Å². The number of amides is 1. The van der Waals surface area contributed by atoms with E-state index >= 15 is 0 Å². The fourth-order valence-electron chi connectivity index (χ4n) is 3.72. The molecular weight excluding hydrogens is 460 g/mol. The van der Waals surface area contributed by atoms with E-state index in [1.807, 2.05) is 42.6 Å². The number of rotatable bonds is 10. The van der Waals surface area contributed by atoms with Gasteiger partial charge in [-0.15, -0.1) is 0 Å². The van der Waals surface area contributed by atoms with Gasteiger partial charge in [-0.25, -0.2) is 4.79 Å². The molecule has 3 aromatic carbocycles. The molecule has 1 amide bonds. The van der Waals surface area contributed by atoms with Crippen molar-refractivity contribution in [1.82, 2.24) is 10.3 Å². The zero-order chi connectivity index (χ0) is 25.2. The smallest absolute Gasteiger partial charge is 0.412 e. The lowest BCUT2D eigenvalue weighted by atomic mass is 9.96. The molecule has 0 aliphatic carbocycles. The molecule has 8 nitrogen and oxygen atoms in total. The predicted molar refractivity (Wildman–Crippen MR) is 134 cm³/mol. The lowest BCUT2D eigenvalue weighted by Gasteiger charge is -2.16. The Balaban J connectivity index is 1.34. The summed E-state index contributed by atoms with van der Waals surface area (Å²) in [4.78, 5) is 40.6. The van der Waals surface area contributed by atoms with Gasteiger partial charge < -0.3 is 24.5 Å². The lowest BCUT2D eigenvalue weighted by Crippen LogP contribution is -2.32. The SMILES string of the molecule is O=C(CC(Cc1c[nH]c2ccccc12)C(=O)OCCNC(=O)Oc1ccccc1)Oc1ccccc1. The quantitative estimate of drug-likeness (QED) is 0.192. The number of fused-ring (bicyclic) bond motifs is 1. The summed E-state index contributed by atoms with van der Waals surface area (Å²) in [5.74, 6) is -1.04. The molecule has 0 radical (unpaired) electrons. The van der Waals surface area contributed by atoms with Gasteiger partial charge >= 0.3 is 18.0 Å². The minimum atomic E-state index is -0.767. The molecule has 0 saturated carbocycles. The van der Waals surface area contributed by atoms with Gasteiger partial charge in [-0.2, -0.15) is 0 Å². The van der Waals surface area contributed by atoms with E-state index in [-0.39, 0.29) is 26.0 Å². The summed E-state index contributed by atoms with van der Waals surface area (Å²) in [5.41, 5.74) is 1.83. The average Bonchev–Trinajstić information content (AvgIpc) is 3.30. The number of ether oxygens (including phenoxy) is 3. The second-order valence-electron chi connectivity index (χ2n) is 8.05. The summed E-state index contributed by atoms with van der Waals surface area (Å²) in [6, 6.07) is 25.0. The number of H-pyrrole nitrogens is 1. The molecule has 0 bridgehead atoms. The van der Waals surface area contributed by atoms with Gasteiger partial charge in [-0.1, -0.05) is 54.6 Å². The topological polar surface area (TPSA) is 107 Å². The highest BCUT2D eigenvalue weighted by atomic mass is 16.6. The van der Waals surface area contributed by atoms with Crippen LogP contribution in [-0.4, -0.2) is 36.2 Å². The fraction of sp³-hybridized carbons (Fsp3) is 0.179. The van der Waals surface area contributed by atoms with E-state index < -0.39 is 23.9 Å². The summed E-state index contributed by atoms with van der Waals surface area (Å²) in [7, 11) is 0. The van der Waals surface area contributed by atoms with Gasteiger partial charge in [0.25, 0.3) is 0 Å². The Morgan fingerprint density at radius 2 is 1.44 bits per heavy atom. The number of hydrogen-bond acceptors (Lipinski definition) is 6. The largest absolute Gasteiger partial charge is 0.464 e. The maximum atomic E-state index is 12.9. The summed E-state index contributed by atoms with van der Waals surface area (Å²) in [6.45, 7) is -0.00743. The molecule has 4 aromatic rings. The maximum absolute atomic E-state index is 12.9. The van der Waals surface area contributed by atoms with Crippen LogP contribution >= 0.6 is 0 Å². The number of aromatic amines is 1. The summed E-state index contributed by atoms with van der Waals surface area (Å²) >= 11 is 0. The first kappa shape index (κ1) is 24.5. The Hall–Kier alpha value is -4.59. The Morgan fingerprint density at radius 1 is 0.806 bits per heavy atom. The van der Waals surface area contributed by atoms with Crippen molar-refractivity contribution in [2.45, 2.75) is 12.8 Å². The second kappa shape index (κ2) is 12.2. The van der Waals surface area contributed by atoms with Gasteiger partial charge in [-0.05, 0) is 42.3 Å². The van der Waals surface area contributed by atoms with Crippen LogP contribution in [0.15, 0.2) is 91.1 Å². The van der Waals surface area contributed by atoms with Crippen LogP contribution in [0.1, 0.15) is 12.0 Å². The first-order valence-corrected chi connectivity index (χ1v) is 11.6. The third kappa shape index (κ3) is 6.96. The van der Waals surface area contributed by atoms with E-state index in [0.717, 1.165) is 16.5 Å². The molecule has 1 unspecified atom stereocenters. The van der Waals surface area contributed by atoms with Crippen LogP contribution in [0.3, 0.4) is 0 Å². The van der Waals surface area contributed by atoms with E-state index in [9.17, 15) is 14.4 Å². The summed E-state index contributed by atoms with van der Waals surface area (Å²) in [5, 5.41) is 3.50. The van der Waals surface area contributed by atoms with E-state index in [1.165, 1.54) is 0 Å². The molecule has 0 aliphatic rings. The van der Waals surface area contributed by atoms with Crippen molar-refractivity contribution in [2.24, 2.45) is 5.92 Å².